The predicted molar refractivity (Wildman–Crippen MR) is 45.0 cm³/mol. The van der Waals surface area contributed by atoms with Gasteiger partial charge < -0.3 is 5.32 Å². The monoisotopic (exact) mass is 137 g/mol. The normalized spacial score (nSPS) is 26.9. The summed E-state index contributed by atoms with van der Waals surface area (Å²) >= 11 is 0. The average Bonchev–Trinajstić information content (AvgIpc) is 2.20. The number of hydrogen-bond donors (Lipinski definition) is 1. The van der Waals surface area contributed by atoms with Crippen LogP contribution in [-0.4, -0.2) is 12.6 Å². The van der Waals surface area contributed by atoms with E-state index in [9.17, 15) is 0 Å². The van der Waals surface area contributed by atoms with Gasteiger partial charge in [0.05, 0.1) is 0 Å². The van der Waals surface area contributed by atoms with E-state index in [-0.39, 0.29) is 0 Å². The first-order valence-electron chi connectivity index (χ1n) is 3.81. The van der Waals surface area contributed by atoms with E-state index in [4.69, 9.17) is 0 Å². The van der Waals surface area contributed by atoms with Crippen LogP contribution < -0.4 is 5.32 Å². The summed E-state index contributed by atoms with van der Waals surface area (Å²) in [6.07, 6.45) is 4.28. The highest BCUT2D eigenvalue weighted by molar-refractivity contribution is 5.32. The maximum atomic E-state index is 3.38. The van der Waals surface area contributed by atoms with E-state index in [0.717, 1.165) is 6.54 Å². The Balaban J connectivity index is 2.75. The number of rotatable bonds is 1. The lowest BCUT2D eigenvalue weighted by molar-refractivity contribution is 0.700. The van der Waals surface area contributed by atoms with Crippen LogP contribution >= 0.6 is 0 Å². The number of hydrogen-bond acceptors (Lipinski definition) is 1. The lowest BCUT2D eigenvalue weighted by Crippen LogP contribution is -2.19. The molecule has 0 aromatic carbocycles. The van der Waals surface area contributed by atoms with E-state index in [1.54, 1.807) is 0 Å². The standard InChI is InChI=1S/C9H15N/c1-4-5-9-6-10-8(3)7(9)2/h4-5,8,10H,6H2,1-3H3/b5-4-/t8-/m0/s1. The van der Waals surface area contributed by atoms with Crippen molar-refractivity contribution >= 4 is 0 Å². The van der Waals surface area contributed by atoms with Gasteiger partial charge >= 0.3 is 0 Å². The fraction of sp³-hybridized carbons (Fsp3) is 0.556. The van der Waals surface area contributed by atoms with Gasteiger partial charge in [0.25, 0.3) is 0 Å². The van der Waals surface area contributed by atoms with Gasteiger partial charge in [-0.15, -0.1) is 0 Å². The van der Waals surface area contributed by atoms with E-state index < -0.39 is 0 Å². The molecule has 0 spiro atoms. The maximum absolute atomic E-state index is 3.38. The predicted octanol–water partition coefficient (Wildman–Crippen LogP) is 1.87. The third-order valence-corrected chi connectivity index (χ3v) is 2.12. The second-order valence-corrected chi connectivity index (χ2v) is 2.81. The van der Waals surface area contributed by atoms with Crippen LogP contribution in [0.4, 0.5) is 0 Å². The van der Waals surface area contributed by atoms with Crippen molar-refractivity contribution in [2.75, 3.05) is 6.54 Å². The zero-order valence-electron chi connectivity index (χ0n) is 6.94. The summed E-state index contributed by atoms with van der Waals surface area (Å²) in [6.45, 7) is 7.49. The van der Waals surface area contributed by atoms with Gasteiger partial charge in [-0.25, -0.2) is 0 Å². The summed E-state index contributed by atoms with van der Waals surface area (Å²) in [7, 11) is 0. The molecule has 1 atom stereocenters. The second-order valence-electron chi connectivity index (χ2n) is 2.81. The Morgan fingerprint density at radius 3 is 2.70 bits per heavy atom. The Hall–Kier alpha value is -0.560. The van der Waals surface area contributed by atoms with Gasteiger partial charge in [-0.05, 0) is 26.3 Å². The number of allylic oxidation sites excluding steroid dienone is 1. The van der Waals surface area contributed by atoms with Crippen LogP contribution in [0.2, 0.25) is 0 Å². The van der Waals surface area contributed by atoms with Crippen molar-refractivity contribution in [2.24, 2.45) is 0 Å². The molecule has 0 bridgehead atoms. The minimum absolute atomic E-state index is 0.575. The molecule has 0 aliphatic carbocycles. The molecule has 1 heteroatoms. The highest BCUT2D eigenvalue weighted by Crippen LogP contribution is 2.15. The first-order chi connectivity index (χ1) is 4.75. The molecular formula is C9H15N. The molecule has 56 valence electrons. The average molecular weight is 137 g/mol. The van der Waals surface area contributed by atoms with E-state index in [2.05, 4.69) is 38.2 Å². The van der Waals surface area contributed by atoms with Crippen LogP contribution in [0.1, 0.15) is 20.8 Å². The van der Waals surface area contributed by atoms with E-state index in [0.29, 0.717) is 6.04 Å². The van der Waals surface area contributed by atoms with E-state index in [1.165, 1.54) is 11.1 Å². The fourth-order valence-electron chi connectivity index (χ4n) is 1.23. The minimum atomic E-state index is 0.575. The van der Waals surface area contributed by atoms with Crippen LogP contribution in [0.25, 0.3) is 0 Å². The van der Waals surface area contributed by atoms with Crippen molar-refractivity contribution in [3.8, 4) is 0 Å². The Labute approximate surface area is 62.8 Å². The van der Waals surface area contributed by atoms with Crippen molar-refractivity contribution < 1.29 is 0 Å². The van der Waals surface area contributed by atoms with Gasteiger partial charge in [0.2, 0.25) is 0 Å². The summed E-state index contributed by atoms with van der Waals surface area (Å²) in [4.78, 5) is 0. The number of nitrogens with one attached hydrogen (secondary N) is 1. The van der Waals surface area contributed by atoms with Crippen LogP contribution in [0, 0.1) is 0 Å². The summed E-state index contributed by atoms with van der Waals surface area (Å²) in [6, 6.07) is 0.575. The topological polar surface area (TPSA) is 12.0 Å². The van der Waals surface area contributed by atoms with Crippen molar-refractivity contribution in [3.05, 3.63) is 23.3 Å². The molecular weight excluding hydrogens is 122 g/mol. The second kappa shape index (κ2) is 3.02. The molecule has 0 saturated heterocycles. The summed E-state index contributed by atoms with van der Waals surface area (Å²) in [5.74, 6) is 0. The van der Waals surface area contributed by atoms with Crippen LogP contribution in [0.15, 0.2) is 23.3 Å². The van der Waals surface area contributed by atoms with Crippen molar-refractivity contribution in [1.82, 2.24) is 5.32 Å². The maximum Gasteiger partial charge on any atom is 0.0257 e. The fourth-order valence-corrected chi connectivity index (χ4v) is 1.23. The van der Waals surface area contributed by atoms with E-state index in [1.807, 2.05) is 0 Å². The van der Waals surface area contributed by atoms with Gasteiger partial charge in [0.1, 0.15) is 0 Å². The molecule has 0 amide bonds. The first-order valence-corrected chi connectivity index (χ1v) is 3.81. The third kappa shape index (κ3) is 1.29. The zero-order chi connectivity index (χ0) is 7.56. The van der Waals surface area contributed by atoms with Gasteiger partial charge in [0.15, 0.2) is 0 Å². The van der Waals surface area contributed by atoms with Crippen molar-refractivity contribution in [2.45, 2.75) is 26.8 Å². The molecule has 1 nitrogen and oxygen atoms in total. The lowest BCUT2D eigenvalue weighted by Gasteiger charge is -2.01. The smallest absolute Gasteiger partial charge is 0.0257 e. The highest BCUT2D eigenvalue weighted by Gasteiger charge is 2.14. The summed E-state index contributed by atoms with van der Waals surface area (Å²) < 4.78 is 0. The molecule has 0 unspecified atom stereocenters. The summed E-state index contributed by atoms with van der Waals surface area (Å²) in [5.41, 5.74) is 2.94. The van der Waals surface area contributed by atoms with Crippen LogP contribution in [0.5, 0.6) is 0 Å². The quantitative estimate of drug-likeness (QED) is 0.581. The van der Waals surface area contributed by atoms with Crippen molar-refractivity contribution in [3.63, 3.8) is 0 Å². The largest absolute Gasteiger partial charge is 0.306 e. The first kappa shape index (κ1) is 7.55. The molecule has 0 radical (unpaired) electrons. The molecule has 10 heavy (non-hydrogen) atoms. The van der Waals surface area contributed by atoms with Crippen molar-refractivity contribution in [1.29, 1.82) is 0 Å². The molecule has 0 aromatic rings. The Morgan fingerprint density at radius 2 is 2.30 bits per heavy atom. The van der Waals surface area contributed by atoms with Gasteiger partial charge in [-0.2, -0.15) is 0 Å². The molecule has 1 heterocycles. The third-order valence-electron chi connectivity index (χ3n) is 2.12. The molecule has 1 aliphatic rings. The van der Waals surface area contributed by atoms with Crippen LogP contribution in [-0.2, 0) is 0 Å². The van der Waals surface area contributed by atoms with E-state index >= 15 is 0 Å². The molecule has 1 rings (SSSR count). The molecule has 1 aliphatic heterocycles. The van der Waals surface area contributed by atoms with Gasteiger partial charge in [-0.3, -0.25) is 0 Å². The van der Waals surface area contributed by atoms with Gasteiger partial charge in [0, 0.05) is 12.6 Å². The summed E-state index contributed by atoms with van der Waals surface area (Å²) in [5, 5.41) is 3.38. The van der Waals surface area contributed by atoms with Crippen LogP contribution in [0.3, 0.4) is 0 Å². The Kier molecular flexibility index (Phi) is 2.28. The SMILES string of the molecule is C/C=C\C1=C(C)[C@H](C)NC1. The molecule has 0 fully saturated rings. The minimum Gasteiger partial charge on any atom is -0.306 e. The highest BCUT2D eigenvalue weighted by atomic mass is 14.9. The lowest BCUT2D eigenvalue weighted by atomic mass is 10.1. The molecule has 0 aromatic heterocycles. The molecule has 1 N–H and O–H groups in total. The zero-order valence-corrected chi connectivity index (χ0v) is 6.94. The Bertz CT molecular complexity index is 177. The molecule has 0 saturated carbocycles. The Morgan fingerprint density at radius 1 is 1.60 bits per heavy atom. The van der Waals surface area contributed by atoms with Gasteiger partial charge in [-0.1, -0.05) is 17.7 Å².